The summed E-state index contributed by atoms with van der Waals surface area (Å²) in [6.07, 6.45) is 3.05. The first-order chi connectivity index (χ1) is 7.54. The molecule has 1 atom stereocenters. The number of carboxylic acids is 1. The minimum absolute atomic E-state index is 0.148. The smallest absolute Gasteiger partial charge is 0.305 e. The summed E-state index contributed by atoms with van der Waals surface area (Å²) in [5.74, 6) is -1.21. The summed E-state index contributed by atoms with van der Waals surface area (Å²) < 4.78 is 1.81. The van der Waals surface area contributed by atoms with Gasteiger partial charge in [-0.2, -0.15) is 0 Å². The third-order valence-electron chi connectivity index (χ3n) is 2.20. The molecular formula is C10H15N3O3. The van der Waals surface area contributed by atoms with Gasteiger partial charge in [0.05, 0.1) is 30.7 Å². The topological polar surface area (TPSA) is 84.2 Å². The van der Waals surface area contributed by atoms with Gasteiger partial charge in [0.25, 0.3) is 0 Å². The molecule has 0 radical (unpaired) electrons. The van der Waals surface area contributed by atoms with Crippen LogP contribution in [-0.2, 0) is 16.1 Å². The van der Waals surface area contributed by atoms with E-state index in [0.29, 0.717) is 12.2 Å². The second-order valence-electron chi connectivity index (χ2n) is 3.46. The molecular weight excluding hydrogens is 210 g/mol. The van der Waals surface area contributed by atoms with Crippen LogP contribution in [0.15, 0.2) is 12.5 Å². The van der Waals surface area contributed by atoms with Crippen molar-refractivity contribution in [1.29, 1.82) is 0 Å². The third-order valence-corrected chi connectivity index (χ3v) is 2.20. The van der Waals surface area contributed by atoms with Crippen molar-refractivity contribution in [2.24, 2.45) is 0 Å². The minimum atomic E-state index is -0.956. The summed E-state index contributed by atoms with van der Waals surface area (Å²) in [5, 5.41) is 11.4. The van der Waals surface area contributed by atoms with E-state index in [0.717, 1.165) is 0 Å². The number of nitrogens with one attached hydrogen (secondary N) is 1. The lowest BCUT2D eigenvalue weighted by Crippen LogP contribution is -2.29. The molecule has 0 aliphatic carbocycles. The highest BCUT2D eigenvalue weighted by atomic mass is 16.4. The average molecular weight is 225 g/mol. The van der Waals surface area contributed by atoms with Gasteiger partial charge in [0.15, 0.2) is 0 Å². The van der Waals surface area contributed by atoms with Crippen LogP contribution in [0.2, 0.25) is 0 Å². The van der Waals surface area contributed by atoms with E-state index in [1.54, 1.807) is 12.5 Å². The summed E-state index contributed by atoms with van der Waals surface area (Å²) in [5.41, 5.74) is 0.708. The lowest BCUT2D eigenvalue weighted by Gasteiger charge is -2.17. The highest BCUT2D eigenvalue weighted by Crippen LogP contribution is 2.16. The maximum absolute atomic E-state index is 11.0. The Labute approximate surface area is 93.3 Å². The molecule has 1 rings (SSSR count). The lowest BCUT2D eigenvalue weighted by atomic mass is 10.1. The quantitative estimate of drug-likeness (QED) is 0.766. The summed E-state index contributed by atoms with van der Waals surface area (Å²) in [6.45, 7) is 3.98. The predicted molar refractivity (Wildman–Crippen MR) is 56.7 cm³/mol. The molecule has 1 aromatic heterocycles. The first-order valence-corrected chi connectivity index (χ1v) is 5.03. The van der Waals surface area contributed by atoms with Crippen LogP contribution in [0.4, 0.5) is 0 Å². The number of aliphatic carboxylic acids is 1. The van der Waals surface area contributed by atoms with Gasteiger partial charge in [-0.1, -0.05) is 0 Å². The van der Waals surface area contributed by atoms with Crippen molar-refractivity contribution in [3.63, 3.8) is 0 Å². The molecule has 6 nitrogen and oxygen atoms in total. The van der Waals surface area contributed by atoms with Crippen LogP contribution in [0, 0.1) is 0 Å². The van der Waals surface area contributed by atoms with Gasteiger partial charge in [-0.25, -0.2) is 4.98 Å². The normalized spacial score (nSPS) is 12.1. The molecule has 0 fully saturated rings. The van der Waals surface area contributed by atoms with E-state index in [2.05, 4.69) is 10.3 Å². The Morgan fingerprint density at radius 2 is 2.31 bits per heavy atom. The number of carbonyl (C=O) groups excluding carboxylic acids is 1. The first-order valence-electron chi connectivity index (χ1n) is 5.03. The maximum Gasteiger partial charge on any atom is 0.305 e. The number of hydrogen-bond donors (Lipinski definition) is 2. The third kappa shape index (κ3) is 3.08. The van der Waals surface area contributed by atoms with E-state index in [1.165, 1.54) is 6.92 Å². The van der Waals surface area contributed by atoms with Crippen molar-refractivity contribution in [3.8, 4) is 0 Å². The van der Waals surface area contributed by atoms with Crippen LogP contribution in [0.25, 0.3) is 0 Å². The zero-order valence-corrected chi connectivity index (χ0v) is 9.30. The molecule has 16 heavy (non-hydrogen) atoms. The number of aromatic nitrogens is 2. The Morgan fingerprint density at radius 1 is 1.62 bits per heavy atom. The van der Waals surface area contributed by atoms with Gasteiger partial charge in [0.1, 0.15) is 0 Å². The van der Waals surface area contributed by atoms with E-state index in [-0.39, 0.29) is 12.3 Å². The van der Waals surface area contributed by atoms with Crippen LogP contribution in [0.3, 0.4) is 0 Å². The van der Waals surface area contributed by atoms with Gasteiger partial charge >= 0.3 is 5.97 Å². The number of amides is 1. The van der Waals surface area contributed by atoms with Crippen molar-refractivity contribution < 1.29 is 14.7 Å². The summed E-state index contributed by atoms with van der Waals surface area (Å²) >= 11 is 0. The van der Waals surface area contributed by atoms with E-state index in [9.17, 15) is 9.59 Å². The number of hydrogen-bond acceptors (Lipinski definition) is 3. The van der Waals surface area contributed by atoms with Crippen LogP contribution in [-0.4, -0.2) is 26.5 Å². The Morgan fingerprint density at radius 3 is 2.81 bits per heavy atom. The van der Waals surface area contributed by atoms with Crippen LogP contribution in [0.5, 0.6) is 0 Å². The SMILES string of the molecule is CCn1cncc1[C@H](CC(=O)O)NC(C)=O. The Balaban J connectivity index is 2.90. The van der Waals surface area contributed by atoms with Crippen molar-refractivity contribution in [3.05, 3.63) is 18.2 Å². The van der Waals surface area contributed by atoms with Crippen LogP contribution < -0.4 is 5.32 Å². The molecule has 0 aromatic carbocycles. The number of nitrogens with zero attached hydrogens (tertiary/aromatic N) is 2. The highest BCUT2D eigenvalue weighted by Gasteiger charge is 2.19. The molecule has 0 aliphatic rings. The monoisotopic (exact) mass is 225 g/mol. The number of carboxylic acid groups (broad SMARTS) is 1. The van der Waals surface area contributed by atoms with E-state index >= 15 is 0 Å². The molecule has 1 aromatic rings. The summed E-state index contributed by atoms with van der Waals surface area (Å²) in [7, 11) is 0. The van der Waals surface area contributed by atoms with Crippen molar-refractivity contribution in [2.45, 2.75) is 32.9 Å². The van der Waals surface area contributed by atoms with Gasteiger partial charge in [0.2, 0.25) is 5.91 Å². The fourth-order valence-electron chi connectivity index (χ4n) is 1.53. The molecule has 0 unspecified atom stereocenters. The predicted octanol–water partition coefficient (Wildman–Crippen LogP) is 0.555. The number of rotatable bonds is 5. The highest BCUT2D eigenvalue weighted by molar-refractivity contribution is 5.75. The fourth-order valence-corrected chi connectivity index (χ4v) is 1.53. The molecule has 0 bridgehead atoms. The molecule has 0 aliphatic heterocycles. The minimum Gasteiger partial charge on any atom is -0.481 e. The van der Waals surface area contributed by atoms with Crippen LogP contribution in [0.1, 0.15) is 32.0 Å². The molecule has 1 amide bonds. The van der Waals surface area contributed by atoms with Crippen molar-refractivity contribution in [1.82, 2.24) is 14.9 Å². The molecule has 0 saturated heterocycles. The first kappa shape index (κ1) is 12.2. The van der Waals surface area contributed by atoms with Gasteiger partial charge < -0.3 is 15.0 Å². The summed E-state index contributed by atoms with van der Waals surface area (Å²) in [4.78, 5) is 25.6. The zero-order valence-electron chi connectivity index (χ0n) is 9.30. The maximum atomic E-state index is 11.0. The second-order valence-corrected chi connectivity index (χ2v) is 3.46. The van der Waals surface area contributed by atoms with Gasteiger partial charge in [0, 0.05) is 13.5 Å². The van der Waals surface area contributed by atoms with Gasteiger partial charge in [-0.15, -0.1) is 0 Å². The Hall–Kier alpha value is -1.85. The standard InChI is InChI=1S/C10H15N3O3/c1-3-13-6-11-5-9(13)8(4-10(15)16)12-7(2)14/h5-6,8H,3-4H2,1-2H3,(H,12,14)(H,15,16)/t8-/m0/s1. The molecule has 0 spiro atoms. The zero-order chi connectivity index (χ0) is 12.1. The Bertz CT molecular complexity index is 370. The lowest BCUT2D eigenvalue weighted by molar-refractivity contribution is -0.137. The van der Waals surface area contributed by atoms with Gasteiger partial charge in [-0.3, -0.25) is 9.59 Å². The average Bonchev–Trinajstić information content (AvgIpc) is 2.62. The second kappa shape index (κ2) is 5.29. The molecule has 1 heterocycles. The van der Waals surface area contributed by atoms with E-state index in [1.807, 2.05) is 11.5 Å². The molecule has 0 saturated carbocycles. The largest absolute Gasteiger partial charge is 0.481 e. The Kier molecular flexibility index (Phi) is 4.04. The van der Waals surface area contributed by atoms with Crippen molar-refractivity contribution in [2.75, 3.05) is 0 Å². The molecule has 88 valence electrons. The number of imidazole rings is 1. The number of carbonyl (C=O) groups is 2. The van der Waals surface area contributed by atoms with E-state index in [4.69, 9.17) is 5.11 Å². The van der Waals surface area contributed by atoms with Gasteiger partial charge in [-0.05, 0) is 6.92 Å². The number of aryl methyl sites for hydroxylation is 1. The molecule has 6 heteroatoms. The fraction of sp³-hybridized carbons (Fsp3) is 0.500. The van der Waals surface area contributed by atoms with E-state index < -0.39 is 12.0 Å². The molecule has 2 N–H and O–H groups in total. The van der Waals surface area contributed by atoms with Crippen molar-refractivity contribution >= 4 is 11.9 Å². The van der Waals surface area contributed by atoms with Crippen LogP contribution >= 0.6 is 0 Å². The summed E-state index contributed by atoms with van der Waals surface area (Å²) in [6, 6.07) is -0.530.